The van der Waals surface area contributed by atoms with E-state index < -0.39 is 8.25 Å². The number of rotatable bonds is 10. The Morgan fingerprint density at radius 3 is 1.42 bits per heavy atom. The maximum atomic E-state index is 13.0. The molecule has 2 aliphatic carbocycles. The van der Waals surface area contributed by atoms with Crippen LogP contribution in [0.3, 0.4) is 0 Å². The van der Waals surface area contributed by atoms with E-state index >= 15 is 0 Å². The summed E-state index contributed by atoms with van der Waals surface area (Å²) in [5.74, 6) is 0. The van der Waals surface area contributed by atoms with Gasteiger partial charge in [0, 0.05) is 22.3 Å². The van der Waals surface area contributed by atoms with Gasteiger partial charge >= 0.3 is 8.25 Å². The standard InChI is InChI=1S/C26H23Cl4N4O3P/c27-19-3-1-4-20(28)25(19)17-11-31-33(15-7-8-15)23(17)13-36-38(35)37-14-24-18(12-32-34(24)16-9-10-16)26-21(29)5-2-6-22(26)30/h1-6,11-12,15-16,38H,7-10,13-14H2. The largest absolute Gasteiger partial charge is 0.319 e. The summed E-state index contributed by atoms with van der Waals surface area (Å²) >= 11 is 25.9. The first-order valence-electron chi connectivity index (χ1n) is 12.2. The third-order valence-corrected chi connectivity index (χ3v) is 8.72. The summed E-state index contributed by atoms with van der Waals surface area (Å²) in [6, 6.07) is 11.3. The van der Waals surface area contributed by atoms with Gasteiger partial charge in [-0.15, -0.1) is 0 Å². The average molecular weight is 612 g/mol. The molecule has 0 amide bonds. The molecule has 0 spiro atoms. The molecule has 0 atom stereocenters. The zero-order valence-corrected chi connectivity index (χ0v) is 24.1. The van der Waals surface area contributed by atoms with Gasteiger partial charge in [-0.25, -0.2) is 0 Å². The average Bonchev–Trinajstić information content (AvgIpc) is 3.82. The summed E-state index contributed by atoms with van der Waals surface area (Å²) < 4.78 is 28.3. The van der Waals surface area contributed by atoms with Crippen molar-refractivity contribution < 1.29 is 13.6 Å². The van der Waals surface area contributed by atoms with Crippen molar-refractivity contribution in [1.29, 1.82) is 0 Å². The molecule has 0 unspecified atom stereocenters. The Hall–Kier alpha value is -1.83. The highest BCUT2D eigenvalue weighted by atomic mass is 35.5. The van der Waals surface area contributed by atoms with Crippen molar-refractivity contribution in [3.63, 3.8) is 0 Å². The second-order valence-corrected chi connectivity index (χ2v) is 12.1. The van der Waals surface area contributed by atoms with E-state index in [1.54, 1.807) is 48.8 Å². The minimum atomic E-state index is -2.88. The predicted octanol–water partition coefficient (Wildman–Crippen LogP) is 8.82. The first-order valence-corrected chi connectivity index (χ1v) is 15.0. The van der Waals surface area contributed by atoms with Crippen LogP contribution in [0.5, 0.6) is 0 Å². The normalized spacial score (nSPS) is 15.5. The number of halogens is 4. The van der Waals surface area contributed by atoms with E-state index in [1.165, 1.54) is 0 Å². The minimum Gasteiger partial charge on any atom is -0.304 e. The predicted molar refractivity (Wildman–Crippen MR) is 150 cm³/mol. The molecule has 6 rings (SSSR count). The quantitative estimate of drug-likeness (QED) is 0.168. The van der Waals surface area contributed by atoms with Gasteiger partial charge in [0.2, 0.25) is 0 Å². The molecule has 2 saturated carbocycles. The molecule has 7 nitrogen and oxygen atoms in total. The van der Waals surface area contributed by atoms with E-state index in [0.29, 0.717) is 31.2 Å². The fourth-order valence-electron chi connectivity index (χ4n) is 4.55. The van der Waals surface area contributed by atoms with Crippen molar-refractivity contribution in [3.8, 4) is 22.3 Å². The number of hydrogen-bond donors (Lipinski definition) is 0. The summed E-state index contributed by atoms with van der Waals surface area (Å²) in [4.78, 5) is 0. The Kier molecular flexibility index (Phi) is 7.62. The lowest BCUT2D eigenvalue weighted by molar-refractivity contribution is 0.204. The second kappa shape index (κ2) is 11.0. The van der Waals surface area contributed by atoms with Crippen LogP contribution in [-0.2, 0) is 26.8 Å². The van der Waals surface area contributed by atoms with Crippen LogP contribution in [0, 0.1) is 0 Å². The van der Waals surface area contributed by atoms with Gasteiger partial charge < -0.3 is 9.05 Å². The van der Waals surface area contributed by atoms with E-state index in [2.05, 4.69) is 10.2 Å². The zero-order chi connectivity index (χ0) is 26.4. The molecule has 2 aromatic carbocycles. The minimum absolute atomic E-state index is 0.0380. The van der Waals surface area contributed by atoms with Crippen molar-refractivity contribution in [1.82, 2.24) is 19.6 Å². The lowest BCUT2D eigenvalue weighted by atomic mass is 10.1. The molecule has 2 fully saturated rings. The van der Waals surface area contributed by atoms with Gasteiger partial charge in [-0.3, -0.25) is 13.9 Å². The number of benzene rings is 2. The lowest BCUT2D eigenvalue weighted by Crippen LogP contribution is -2.06. The van der Waals surface area contributed by atoms with Crippen LogP contribution in [0.1, 0.15) is 49.2 Å². The Bertz CT molecular complexity index is 1380. The molecule has 2 heterocycles. The Labute approximate surface area is 240 Å². The van der Waals surface area contributed by atoms with Crippen LogP contribution < -0.4 is 0 Å². The van der Waals surface area contributed by atoms with Crippen LogP contribution in [-0.4, -0.2) is 19.6 Å². The second-order valence-electron chi connectivity index (χ2n) is 9.38. The molecule has 12 heteroatoms. The van der Waals surface area contributed by atoms with Crippen LogP contribution in [0.2, 0.25) is 20.1 Å². The van der Waals surface area contributed by atoms with Gasteiger partial charge in [0.05, 0.1) is 69.2 Å². The monoisotopic (exact) mass is 610 g/mol. The fraction of sp³-hybridized carbons (Fsp3) is 0.308. The van der Waals surface area contributed by atoms with E-state index in [4.69, 9.17) is 55.5 Å². The van der Waals surface area contributed by atoms with Crippen molar-refractivity contribution in [3.05, 3.63) is 80.3 Å². The van der Waals surface area contributed by atoms with Gasteiger partial charge in [0.15, 0.2) is 0 Å². The highest BCUT2D eigenvalue weighted by Crippen LogP contribution is 2.44. The first kappa shape index (κ1) is 26.4. The summed E-state index contributed by atoms with van der Waals surface area (Å²) in [6.45, 7) is 0.0759. The smallest absolute Gasteiger partial charge is 0.304 e. The molecule has 0 radical (unpaired) electrons. The van der Waals surface area contributed by atoms with E-state index in [0.717, 1.165) is 48.2 Å². The molecule has 2 aliphatic rings. The molecule has 0 saturated heterocycles. The fourth-order valence-corrected chi connectivity index (χ4v) is 6.35. The van der Waals surface area contributed by atoms with Gasteiger partial charge in [0.25, 0.3) is 0 Å². The highest BCUT2D eigenvalue weighted by Gasteiger charge is 2.31. The van der Waals surface area contributed by atoms with Crippen LogP contribution in [0.4, 0.5) is 0 Å². The van der Waals surface area contributed by atoms with Gasteiger partial charge in [-0.2, -0.15) is 10.2 Å². The Morgan fingerprint density at radius 2 is 1.08 bits per heavy atom. The third-order valence-electron chi connectivity index (χ3n) is 6.70. The topological polar surface area (TPSA) is 71.2 Å². The molecule has 0 aliphatic heterocycles. The molecule has 198 valence electrons. The van der Waals surface area contributed by atoms with E-state index in [-0.39, 0.29) is 25.3 Å². The van der Waals surface area contributed by atoms with Crippen molar-refractivity contribution >= 4 is 54.7 Å². The molecule has 0 bridgehead atoms. The summed E-state index contributed by atoms with van der Waals surface area (Å²) in [5, 5.41) is 11.1. The molecule has 38 heavy (non-hydrogen) atoms. The molecule has 2 aromatic heterocycles. The lowest BCUT2D eigenvalue weighted by Gasteiger charge is -2.13. The van der Waals surface area contributed by atoms with Crippen molar-refractivity contribution in [2.24, 2.45) is 0 Å². The number of aromatic nitrogens is 4. The maximum Gasteiger partial charge on any atom is 0.319 e. The van der Waals surface area contributed by atoms with Gasteiger partial charge in [-0.1, -0.05) is 58.5 Å². The Balaban J connectivity index is 1.21. The van der Waals surface area contributed by atoms with Gasteiger partial charge in [-0.05, 0) is 49.9 Å². The number of hydrogen-bond acceptors (Lipinski definition) is 5. The van der Waals surface area contributed by atoms with Gasteiger partial charge in [0.1, 0.15) is 0 Å². The van der Waals surface area contributed by atoms with Crippen LogP contribution in [0.25, 0.3) is 22.3 Å². The summed E-state index contributed by atoms with van der Waals surface area (Å²) in [5.41, 5.74) is 4.38. The van der Waals surface area contributed by atoms with Crippen LogP contribution in [0.15, 0.2) is 48.8 Å². The molecule has 0 N–H and O–H groups in total. The Morgan fingerprint density at radius 1 is 0.711 bits per heavy atom. The molecular formula is C26H23Cl4N4O3P. The molecular weight excluding hydrogens is 589 g/mol. The third kappa shape index (κ3) is 5.31. The van der Waals surface area contributed by atoms with E-state index in [9.17, 15) is 4.57 Å². The highest BCUT2D eigenvalue weighted by molar-refractivity contribution is 7.33. The van der Waals surface area contributed by atoms with Crippen LogP contribution >= 0.6 is 54.7 Å². The maximum absolute atomic E-state index is 13.0. The van der Waals surface area contributed by atoms with Crippen molar-refractivity contribution in [2.75, 3.05) is 0 Å². The molecule has 4 aromatic rings. The van der Waals surface area contributed by atoms with E-state index in [1.807, 2.05) is 9.36 Å². The SMILES string of the molecule is O=[PH](OCc1c(-c2c(Cl)cccc2Cl)cnn1C1CC1)OCc1c(-c2c(Cl)cccc2Cl)cnn1C1CC1. The number of nitrogens with zero attached hydrogens (tertiary/aromatic N) is 4. The summed E-state index contributed by atoms with van der Waals surface area (Å²) in [6.07, 6.45) is 7.55. The zero-order valence-electron chi connectivity index (χ0n) is 20.0. The first-order chi connectivity index (χ1) is 18.4. The summed E-state index contributed by atoms with van der Waals surface area (Å²) in [7, 11) is -2.88. The van der Waals surface area contributed by atoms with Crippen molar-refractivity contribution in [2.45, 2.75) is 51.0 Å².